The lowest BCUT2D eigenvalue weighted by molar-refractivity contribution is -0.179. The molecule has 0 radical (unpaired) electrons. The zero-order valence-corrected chi connectivity index (χ0v) is 12.8. The van der Waals surface area contributed by atoms with E-state index in [-0.39, 0.29) is 5.79 Å². The van der Waals surface area contributed by atoms with Gasteiger partial charge >= 0.3 is 0 Å². The van der Waals surface area contributed by atoms with Gasteiger partial charge in [-0.2, -0.15) is 0 Å². The second kappa shape index (κ2) is 6.77. The Balaban J connectivity index is 1.42. The molecule has 4 nitrogen and oxygen atoms in total. The van der Waals surface area contributed by atoms with E-state index >= 15 is 0 Å². The molecule has 0 atom stereocenters. The third kappa shape index (κ3) is 3.57. The van der Waals surface area contributed by atoms with Crippen molar-refractivity contribution in [1.82, 2.24) is 5.32 Å². The highest BCUT2D eigenvalue weighted by Crippen LogP contribution is 2.35. The van der Waals surface area contributed by atoms with Crippen LogP contribution in [0.5, 0.6) is 5.75 Å². The Kier molecular flexibility index (Phi) is 4.78. The number of hydrogen-bond acceptors (Lipinski definition) is 4. The highest BCUT2D eigenvalue weighted by atomic mass is 16.7. The molecule has 1 aromatic rings. The summed E-state index contributed by atoms with van der Waals surface area (Å²) in [4.78, 5) is 0. The van der Waals surface area contributed by atoms with Crippen molar-refractivity contribution in [3.05, 3.63) is 29.8 Å². The first kappa shape index (κ1) is 14.8. The van der Waals surface area contributed by atoms with Crippen LogP contribution in [-0.2, 0) is 15.9 Å². The maximum atomic E-state index is 5.77. The number of nitrogens with one attached hydrogen (secondary N) is 1. The monoisotopic (exact) mass is 291 g/mol. The Morgan fingerprint density at radius 3 is 2.62 bits per heavy atom. The van der Waals surface area contributed by atoms with E-state index in [1.807, 2.05) is 12.1 Å². The van der Waals surface area contributed by atoms with Crippen LogP contribution in [-0.4, -0.2) is 38.7 Å². The van der Waals surface area contributed by atoms with E-state index in [1.54, 1.807) is 7.11 Å². The summed E-state index contributed by atoms with van der Waals surface area (Å²) in [5.41, 5.74) is 1.27. The number of benzene rings is 1. The van der Waals surface area contributed by atoms with E-state index in [9.17, 15) is 0 Å². The fourth-order valence-corrected chi connectivity index (χ4v) is 3.37. The molecule has 1 spiro atoms. The second-order valence-electron chi connectivity index (χ2n) is 5.90. The first-order valence-electron chi connectivity index (χ1n) is 7.94. The molecule has 1 saturated carbocycles. The molecule has 0 unspecified atom stereocenters. The van der Waals surface area contributed by atoms with E-state index in [0.29, 0.717) is 6.04 Å². The number of hydrogen-bond donors (Lipinski definition) is 1. The van der Waals surface area contributed by atoms with Gasteiger partial charge in [0.25, 0.3) is 0 Å². The van der Waals surface area contributed by atoms with Gasteiger partial charge in [-0.3, -0.25) is 0 Å². The average Bonchev–Trinajstić information content (AvgIpc) is 2.98. The molecular weight excluding hydrogens is 266 g/mol. The van der Waals surface area contributed by atoms with Crippen molar-refractivity contribution < 1.29 is 14.2 Å². The zero-order chi connectivity index (χ0) is 14.5. The lowest BCUT2D eigenvalue weighted by Gasteiger charge is -2.35. The topological polar surface area (TPSA) is 39.7 Å². The molecule has 3 rings (SSSR count). The molecule has 1 aromatic carbocycles. The molecule has 116 valence electrons. The molecule has 2 aliphatic rings. The smallest absolute Gasteiger partial charge is 0.168 e. The minimum Gasteiger partial charge on any atom is -0.496 e. The zero-order valence-electron chi connectivity index (χ0n) is 12.8. The third-order valence-electron chi connectivity index (χ3n) is 4.58. The lowest BCUT2D eigenvalue weighted by atomic mass is 9.90. The maximum absolute atomic E-state index is 5.77. The van der Waals surface area contributed by atoms with Crippen molar-refractivity contribution in [3.63, 3.8) is 0 Å². The van der Waals surface area contributed by atoms with Crippen molar-refractivity contribution >= 4 is 0 Å². The number of methoxy groups -OCH3 is 1. The van der Waals surface area contributed by atoms with Gasteiger partial charge in [0.05, 0.1) is 20.3 Å². The fourth-order valence-electron chi connectivity index (χ4n) is 3.37. The van der Waals surface area contributed by atoms with Gasteiger partial charge in [0.2, 0.25) is 0 Å². The van der Waals surface area contributed by atoms with Crippen molar-refractivity contribution in [2.24, 2.45) is 0 Å². The molecule has 0 amide bonds. The van der Waals surface area contributed by atoms with E-state index < -0.39 is 0 Å². The molecule has 1 heterocycles. The van der Waals surface area contributed by atoms with Crippen LogP contribution >= 0.6 is 0 Å². The minimum absolute atomic E-state index is 0.249. The standard InChI is InChI=1S/C17H25NO3/c1-19-16-5-3-2-4-14(16)8-11-18-15-6-9-17(10-7-15)20-12-13-21-17/h2-5,15,18H,6-13H2,1H3. The molecule has 1 aliphatic heterocycles. The Hall–Kier alpha value is -1.10. The van der Waals surface area contributed by atoms with Gasteiger partial charge < -0.3 is 19.5 Å². The first-order chi connectivity index (χ1) is 10.3. The number of ether oxygens (including phenoxy) is 3. The van der Waals surface area contributed by atoms with Crippen LogP contribution in [0.2, 0.25) is 0 Å². The van der Waals surface area contributed by atoms with E-state index in [0.717, 1.165) is 57.6 Å². The summed E-state index contributed by atoms with van der Waals surface area (Å²) in [7, 11) is 1.73. The Morgan fingerprint density at radius 1 is 1.19 bits per heavy atom. The van der Waals surface area contributed by atoms with Gasteiger partial charge in [0.15, 0.2) is 5.79 Å². The predicted molar refractivity (Wildman–Crippen MR) is 81.6 cm³/mol. The maximum Gasteiger partial charge on any atom is 0.168 e. The van der Waals surface area contributed by atoms with E-state index in [1.165, 1.54) is 5.56 Å². The van der Waals surface area contributed by atoms with Crippen molar-refractivity contribution in [2.75, 3.05) is 26.9 Å². The van der Waals surface area contributed by atoms with Crippen LogP contribution in [0.15, 0.2) is 24.3 Å². The van der Waals surface area contributed by atoms with Crippen LogP contribution in [0.25, 0.3) is 0 Å². The van der Waals surface area contributed by atoms with Gasteiger partial charge in [-0.05, 0) is 37.4 Å². The minimum atomic E-state index is -0.249. The average molecular weight is 291 g/mol. The quantitative estimate of drug-likeness (QED) is 0.905. The largest absolute Gasteiger partial charge is 0.496 e. The molecule has 21 heavy (non-hydrogen) atoms. The van der Waals surface area contributed by atoms with Gasteiger partial charge in [0.1, 0.15) is 5.75 Å². The summed E-state index contributed by atoms with van der Waals surface area (Å²) in [5.74, 6) is 0.732. The third-order valence-corrected chi connectivity index (χ3v) is 4.58. The molecule has 4 heteroatoms. The highest BCUT2D eigenvalue weighted by Gasteiger charge is 2.39. The number of rotatable bonds is 5. The summed E-state index contributed by atoms with van der Waals surface area (Å²) >= 11 is 0. The second-order valence-corrected chi connectivity index (χ2v) is 5.90. The van der Waals surface area contributed by atoms with Crippen LogP contribution in [0, 0.1) is 0 Å². The van der Waals surface area contributed by atoms with Gasteiger partial charge in [-0.1, -0.05) is 18.2 Å². The van der Waals surface area contributed by atoms with Gasteiger partial charge in [-0.15, -0.1) is 0 Å². The summed E-state index contributed by atoms with van der Waals surface area (Å²) in [5, 5.41) is 3.66. The normalized spacial score (nSPS) is 21.8. The van der Waals surface area contributed by atoms with E-state index in [4.69, 9.17) is 14.2 Å². The Morgan fingerprint density at radius 2 is 1.90 bits per heavy atom. The molecule has 2 fully saturated rings. The Bertz CT molecular complexity index is 447. The van der Waals surface area contributed by atoms with Crippen LogP contribution < -0.4 is 10.1 Å². The summed E-state index contributed by atoms with van der Waals surface area (Å²) in [6.07, 6.45) is 5.29. The summed E-state index contributed by atoms with van der Waals surface area (Å²) in [6.45, 7) is 2.50. The number of para-hydroxylation sites is 1. The molecule has 1 saturated heterocycles. The Labute approximate surface area is 126 Å². The summed E-state index contributed by atoms with van der Waals surface area (Å²) in [6, 6.07) is 8.82. The lowest BCUT2D eigenvalue weighted by Crippen LogP contribution is -2.42. The van der Waals surface area contributed by atoms with Gasteiger partial charge in [-0.25, -0.2) is 0 Å². The molecule has 0 bridgehead atoms. The first-order valence-corrected chi connectivity index (χ1v) is 7.94. The van der Waals surface area contributed by atoms with Gasteiger partial charge in [0, 0.05) is 18.9 Å². The van der Waals surface area contributed by atoms with Crippen molar-refractivity contribution in [3.8, 4) is 5.75 Å². The van der Waals surface area contributed by atoms with Crippen LogP contribution in [0.1, 0.15) is 31.2 Å². The molecule has 1 aliphatic carbocycles. The molecule has 1 N–H and O–H groups in total. The molecular formula is C17H25NO3. The van der Waals surface area contributed by atoms with Crippen molar-refractivity contribution in [2.45, 2.75) is 43.9 Å². The molecule has 0 aromatic heterocycles. The highest BCUT2D eigenvalue weighted by molar-refractivity contribution is 5.33. The summed E-state index contributed by atoms with van der Waals surface area (Å²) < 4.78 is 16.9. The van der Waals surface area contributed by atoms with Crippen molar-refractivity contribution in [1.29, 1.82) is 0 Å². The van der Waals surface area contributed by atoms with Crippen LogP contribution in [0.4, 0.5) is 0 Å². The van der Waals surface area contributed by atoms with Crippen LogP contribution in [0.3, 0.4) is 0 Å². The predicted octanol–water partition coefficient (Wildman–Crippen LogP) is 2.51. The fraction of sp³-hybridized carbons (Fsp3) is 0.647. The van der Waals surface area contributed by atoms with E-state index in [2.05, 4.69) is 17.4 Å². The SMILES string of the molecule is COc1ccccc1CCNC1CCC2(CC1)OCCO2.